The van der Waals surface area contributed by atoms with Crippen molar-refractivity contribution in [3.8, 4) is 0 Å². The lowest BCUT2D eigenvalue weighted by Gasteiger charge is -2.13. The van der Waals surface area contributed by atoms with Crippen LogP contribution in [0.1, 0.15) is 57.9 Å². The molecule has 1 N–H and O–H groups in total. The number of epoxide rings is 1. The molecular formula is C18H28O2. The summed E-state index contributed by atoms with van der Waals surface area (Å²) in [5.74, 6) is 0.816. The van der Waals surface area contributed by atoms with E-state index in [2.05, 4.69) is 38.1 Å². The summed E-state index contributed by atoms with van der Waals surface area (Å²) in [6.45, 7) is 4.70. The fourth-order valence-corrected chi connectivity index (χ4v) is 3.04. The second-order valence-corrected chi connectivity index (χ2v) is 6.39. The van der Waals surface area contributed by atoms with Gasteiger partial charge >= 0.3 is 0 Å². The molecule has 2 unspecified atom stereocenters. The van der Waals surface area contributed by atoms with Crippen molar-refractivity contribution in [1.82, 2.24) is 0 Å². The Kier molecular flexibility index (Phi) is 5.62. The molecule has 0 amide bonds. The highest BCUT2D eigenvalue weighted by atomic mass is 16.6. The van der Waals surface area contributed by atoms with Crippen LogP contribution in [0, 0.1) is 5.92 Å². The molecule has 0 aromatic heterocycles. The Bertz CT molecular complexity index is 388. The van der Waals surface area contributed by atoms with Crippen molar-refractivity contribution in [2.45, 2.75) is 64.1 Å². The van der Waals surface area contributed by atoms with Crippen molar-refractivity contribution >= 4 is 0 Å². The molecule has 0 spiro atoms. The Balaban J connectivity index is 1.77. The fourth-order valence-electron chi connectivity index (χ4n) is 3.04. The van der Waals surface area contributed by atoms with Crippen LogP contribution in [0.4, 0.5) is 0 Å². The maximum absolute atomic E-state index is 9.38. The topological polar surface area (TPSA) is 32.8 Å². The Morgan fingerprint density at radius 2 is 1.80 bits per heavy atom. The van der Waals surface area contributed by atoms with Gasteiger partial charge in [-0.15, -0.1) is 0 Å². The average molecular weight is 276 g/mol. The van der Waals surface area contributed by atoms with Gasteiger partial charge in [-0.3, -0.25) is 0 Å². The Labute approximate surface area is 123 Å². The maximum Gasteiger partial charge on any atom is 0.122 e. The van der Waals surface area contributed by atoms with E-state index >= 15 is 0 Å². The molecule has 1 aromatic rings. The SMILES string of the molecule is CC(C)CCCCCCC1(c2ccccc2)OC1CO. The molecule has 1 saturated heterocycles. The lowest BCUT2D eigenvalue weighted by Crippen LogP contribution is -2.15. The van der Waals surface area contributed by atoms with E-state index in [1.807, 2.05) is 6.07 Å². The van der Waals surface area contributed by atoms with Gasteiger partial charge in [0.15, 0.2) is 0 Å². The highest BCUT2D eigenvalue weighted by Gasteiger charge is 2.56. The standard InChI is InChI=1S/C18H28O2/c1-15(2)10-6-3-4-9-13-18(17(14-19)20-18)16-11-7-5-8-12-16/h5,7-8,11-12,15,17,19H,3-4,6,9-10,13-14H2,1-2H3. The van der Waals surface area contributed by atoms with Gasteiger partial charge < -0.3 is 9.84 Å². The van der Waals surface area contributed by atoms with Crippen molar-refractivity contribution in [2.75, 3.05) is 6.61 Å². The van der Waals surface area contributed by atoms with Crippen LogP contribution in [-0.2, 0) is 10.3 Å². The van der Waals surface area contributed by atoms with Gasteiger partial charge in [-0.25, -0.2) is 0 Å². The van der Waals surface area contributed by atoms with Crippen LogP contribution in [0.3, 0.4) is 0 Å². The minimum Gasteiger partial charge on any atom is -0.394 e. The molecule has 1 fully saturated rings. The second-order valence-electron chi connectivity index (χ2n) is 6.39. The second kappa shape index (κ2) is 7.24. The molecular weight excluding hydrogens is 248 g/mol. The molecule has 112 valence electrons. The third kappa shape index (κ3) is 3.83. The molecule has 2 heteroatoms. The summed E-state index contributed by atoms with van der Waals surface area (Å²) in [5.41, 5.74) is 1.02. The highest BCUT2D eigenvalue weighted by molar-refractivity contribution is 5.29. The third-order valence-electron chi connectivity index (χ3n) is 4.32. The summed E-state index contributed by atoms with van der Waals surface area (Å²) >= 11 is 0. The van der Waals surface area contributed by atoms with Crippen molar-refractivity contribution in [3.05, 3.63) is 35.9 Å². The van der Waals surface area contributed by atoms with E-state index in [4.69, 9.17) is 4.74 Å². The predicted molar refractivity (Wildman–Crippen MR) is 82.6 cm³/mol. The van der Waals surface area contributed by atoms with Crippen LogP contribution in [0.25, 0.3) is 0 Å². The predicted octanol–water partition coefficient (Wildman–Crippen LogP) is 4.27. The van der Waals surface area contributed by atoms with Crippen LogP contribution in [0.2, 0.25) is 0 Å². The fraction of sp³-hybridized carbons (Fsp3) is 0.667. The number of benzene rings is 1. The van der Waals surface area contributed by atoms with Crippen molar-refractivity contribution < 1.29 is 9.84 Å². The Morgan fingerprint density at radius 1 is 1.10 bits per heavy atom. The highest BCUT2D eigenvalue weighted by Crippen LogP contribution is 2.49. The van der Waals surface area contributed by atoms with Gasteiger partial charge in [0.1, 0.15) is 11.7 Å². The summed E-state index contributed by atoms with van der Waals surface area (Å²) in [6.07, 6.45) is 7.46. The summed E-state index contributed by atoms with van der Waals surface area (Å²) in [6, 6.07) is 10.4. The number of aliphatic hydroxyl groups excluding tert-OH is 1. The van der Waals surface area contributed by atoms with Crippen LogP contribution in [0.15, 0.2) is 30.3 Å². The zero-order valence-corrected chi connectivity index (χ0v) is 12.8. The zero-order chi connectivity index (χ0) is 14.4. The monoisotopic (exact) mass is 276 g/mol. The van der Waals surface area contributed by atoms with Crippen LogP contribution >= 0.6 is 0 Å². The molecule has 0 saturated carbocycles. The van der Waals surface area contributed by atoms with Gasteiger partial charge in [-0.2, -0.15) is 0 Å². The van der Waals surface area contributed by atoms with Gasteiger partial charge in [-0.05, 0) is 17.9 Å². The van der Waals surface area contributed by atoms with Crippen LogP contribution < -0.4 is 0 Å². The third-order valence-corrected chi connectivity index (χ3v) is 4.32. The Morgan fingerprint density at radius 3 is 2.40 bits per heavy atom. The molecule has 2 rings (SSSR count). The van der Waals surface area contributed by atoms with Gasteiger partial charge in [0, 0.05) is 0 Å². The van der Waals surface area contributed by atoms with Crippen molar-refractivity contribution in [2.24, 2.45) is 5.92 Å². The van der Waals surface area contributed by atoms with E-state index < -0.39 is 0 Å². The number of ether oxygens (including phenoxy) is 1. The number of rotatable bonds is 9. The number of hydrogen-bond acceptors (Lipinski definition) is 2. The average Bonchev–Trinajstić information content (AvgIpc) is 3.18. The lowest BCUT2D eigenvalue weighted by molar-refractivity contribution is 0.231. The van der Waals surface area contributed by atoms with E-state index in [0.717, 1.165) is 12.3 Å². The number of aliphatic hydroxyl groups is 1. The van der Waals surface area contributed by atoms with Crippen molar-refractivity contribution in [1.29, 1.82) is 0 Å². The molecule has 1 aromatic carbocycles. The maximum atomic E-state index is 9.38. The molecule has 1 aliphatic rings. The molecule has 0 bridgehead atoms. The minimum atomic E-state index is -0.200. The summed E-state index contributed by atoms with van der Waals surface area (Å²) < 4.78 is 5.83. The van der Waals surface area contributed by atoms with E-state index in [0.29, 0.717) is 0 Å². The van der Waals surface area contributed by atoms with Crippen LogP contribution in [-0.4, -0.2) is 17.8 Å². The van der Waals surface area contributed by atoms with Gasteiger partial charge in [0.05, 0.1) is 6.61 Å². The smallest absolute Gasteiger partial charge is 0.122 e. The number of unbranched alkanes of at least 4 members (excludes halogenated alkanes) is 3. The summed E-state index contributed by atoms with van der Waals surface area (Å²) in [5, 5.41) is 9.38. The first-order chi connectivity index (χ1) is 9.69. The molecule has 0 radical (unpaired) electrons. The van der Waals surface area contributed by atoms with E-state index in [9.17, 15) is 5.11 Å². The zero-order valence-electron chi connectivity index (χ0n) is 12.8. The molecule has 20 heavy (non-hydrogen) atoms. The largest absolute Gasteiger partial charge is 0.394 e. The van der Waals surface area contributed by atoms with E-state index in [-0.39, 0.29) is 18.3 Å². The summed E-state index contributed by atoms with van der Waals surface area (Å²) in [4.78, 5) is 0. The molecule has 2 nitrogen and oxygen atoms in total. The molecule has 1 aliphatic heterocycles. The molecule has 2 atom stereocenters. The lowest BCUT2D eigenvalue weighted by atomic mass is 9.89. The van der Waals surface area contributed by atoms with Gasteiger partial charge in [0.2, 0.25) is 0 Å². The van der Waals surface area contributed by atoms with Gasteiger partial charge in [-0.1, -0.05) is 76.3 Å². The quantitative estimate of drug-likeness (QED) is 0.539. The van der Waals surface area contributed by atoms with Gasteiger partial charge in [0.25, 0.3) is 0 Å². The minimum absolute atomic E-state index is 0.000522. The van der Waals surface area contributed by atoms with E-state index in [1.54, 1.807) is 0 Å². The van der Waals surface area contributed by atoms with E-state index in [1.165, 1.54) is 37.7 Å². The number of hydrogen-bond donors (Lipinski definition) is 1. The first-order valence-electron chi connectivity index (χ1n) is 8.03. The summed E-state index contributed by atoms with van der Waals surface area (Å²) in [7, 11) is 0. The first-order valence-corrected chi connectivity index (χ1v) is 8.03. The Hall–Kier alpha value is -0.860. The first kappa shape index (κ1) is 15.5. The molecule has 0 aliphatic carbocycles. The normalized spacial score (nSPS) is 25.1. The van der Waals surface area contributed by atoms with Crippen molar-refractivity contribution in [3.63, 3.8) is 0 Å². The van der Waals surface area contributed by atoms with Crippen LogP contribution in [0.5, 0.6) is 0 Å². The molecule has 1 heterocycles.